The molecule has 2 rings (SSSR count). The third kappa shape index (κ3) is 3.03. The number of amidine groups is 1. The van der Waals surface area contributed by atoms with Gasteiger partial charge in [0, 0.05) is 30.3 Å². The zero-order chi connectivity index (χ0) is 13.9. The monoisotopic (exact) mass is 261 g/mol. The van der Waals surface area contributed by atoms with Crippen molar-refractivity contribution in [3.63, 3.8) is 0 Å². The topological polar surface area (TPSA) is 78.9 Å². The van der Waals surface area contributed by atoms with E-state index in [1.165, 1.54) is 0 Å². The Labute approximate surface area is 114 Å². The van der Waals surface area contributed by atoms with Crippen LogP contribution in [0.3, 0.4) is 0 Å². The lowest BCUT2D eigenvalue weighted by molar-refractivity contribution is 0.350. The van der Waals surface area contributed by atoms with E-state index in [0.717, 1.165) is 50.3 Å². The molecule has 1 fully saturated rings. The SMILES string of the molecule is CCCc1cc(N2CCC(C)(C(=N)N)CC2)ncn1. The minimum Gasteiger partial charge on any atom is -0.387 e. The molecule has 1 aromatic rings. The maximum atomic E-state index is 7.68. The van der Waals surface area contributed by atoms with Crippen molar-refractivity contribution in [1.82, 2.24) is 9.97 Å². The third-order valence-electron chi connectivity index (χ3n) is 4.06. The number of piperidine rings is 1. The van der Waals surface area contributed by atoms with Crippen LogP contribution in [0.5, 0.6) is 0 Å². The lowest BCUT2D eigenvalue weighted by Gasteiger charge is -2.39. The van der Waals surface area contributed by atoms with Crippen LogP contribution in [0.4, 0.5) is 5.82 Å². The molecule has 0 amide bonds. The molecule has 1 aliphatic heterocycles. The Bertz CT molecular complexity index is 449. The van der Waals surface area contributed by atoms with E-state index >= 15 is 0 Å². The molecule has 5 heteroatoms. The summed E-state index contributed by atoms with van der Waals surface area (Å²) in [6.45, 7) is 6.04. The summed E-state index contributed by atoms with van der Waals surface area (Å²) in [5.41, 5.74) is 6.65. The van der Waals surface area contributed by atoms with Crippen molar-refractivity contribution in [2.45, 2.75) is 39.5 Å². The molecule has 0 radical (unpaired) electrons. The van der Waals surface area contributed by atoms with E-state index in [9.17, 15) is 0 Å². The van der Waals surface area contributed by atoms with Crippen LogP contribution >= 0.6 is 0 Å². The van der Waals surface area contributed by atoms with E-state index in [2.05, 4.69) is 34.8 Å². The largest absolute Gasteiger partial charge is 0.387 e. The van der Waals surface area contributed by atoms with Gasteiger partial charge in [-0.1, -0.05) is 20.3 Å². The summed E-state index contributed by atoms with van der Waals surface area (Å²) in [6, 6.07) is 2.08. The molecule has 19 heavy (non-hydrogen) atoms. The first-order chi connectivity index (χ1) is 9.05. The third-order valence-corrected chi connectivity index (χ3v) is 4.06. The normalized spacial score (nSPS) is 18.3. The highest BCUT2D eigenvalue weighted by Crippen LogP contribution is 2.32. The average Bonchev–Trinajstić information content (AvgIpc) is 2.40. The molecule has 0 aromatic carbocycles. The fraction of sp³-hybridized carbons (Fsp3) is 0.643. The lowest BCUT2D eigenvalue weighted by Crippen LogP contribution is -2.45. The summed E-state index contributed by atoms with van der Waals surface area (Å²) >= 11 is 0. The molecule has 104 valence electrons. The number of nitrogens with two attached hydrogens (primary N) is 1. The first-order valence-electron chi connectivity index (χ1n) is 6.95. The van der Waals surface area contributed by atoms with Gasteiger partial charge in [0.1, 0.15) is 12.1 Å². The van der Waals surface area contributed by atoms with E-state index in [1.54, 1.807) is 6.33 Å². The zero-order valence-corrected chi connectivity index (χ0v) is 11.8. The number of anilines is 1. The summed E-state index contributed by atoms with van der Waals surface area (Å²) in [5, 5.41) is 7.68. The van der Waals surface area contributed by atoms with Crippen LogP contribution < -0.4 is 10.6 Å². The van der Waals surface area contributed by atoms with Crippen LogP contribution in [-0.2, 0) is 6.42 Å². The zero-order valence-electron chi connectivity index (χ0n) is 11.8. The highest BCUT2D eigenvalue weighted by atomic mass is 15.2. The number of nitrogens with one attached hydrogen (secondary N) is 1. The number of hydrogen-bond acceptors (Lipinski definition) is 4. The molecule has 2 heterocycles. The summed E-state index contributed by atoms with van der Waals surface area (Å²) < 4.78 is 0. The van der Waals surface area contributed by atoms with Gasteiger partial charge >= 0.3 is 0 Å². The Hall–Kier alpha value is -1.65. The van der Waals surface area contributed by atoms with Gasteiger partial charge < -0.3 is 10.6 Å². The Balaban J connectivity index is 2.05. The van der Waals surface area contributed by atoms with Crippen molar-refractivity contribution in [3.8, 4) is 0 Å². The second-order valence-corrected chi connectivity index (χ2v) is 5.58. The fourth-order valence-electron chi connectivity index (χ4n) is 2.45. The van der Waals surface area contributed by atoms with Gasteiger partial charge in [-0.2, -0.15) is 0 Å². The van der Waals surface area contributed by atoms with Gasteiger partial charge in [0.25, 0.3) is 0 Å². The van der Waals surface area contributed by atoms with Crippen molar-refractivity contribution in [2.75, 3.05) is 18.0 Å². The Kier molecular flexibility index (Phi) is 4.02. The number of nitrogens with zero attached hydrogens (tertiary/aromatic N) is 3. The Morgan fingerprint density at radius 1 is 1.42 bits per heavy atom. The van der Waals surface area contributed by atoms with Crippen LogP contribution in [0.15, 0.2) is 12.4 Å². The van der Waals surface area contributed by atoms with Gasteiger partial charge in [-0.15, -0.1) is 0 Å². The molecule has 1 aromatic heterocycles. The van der Waals surface area contributed by atoms with Crippen molar-refractivity contribution in [3.05, 3.63) is 18.1 Å². The minimum absolute atomic E-state index is 0.143. The van der Waals surface area contributed by atoms with Gasteiger partial charge in [-0.3, -0.25) is 5.41 Å². The maximum absolute atomic E-state index is 7.68. The molecule has 3 N–H and O–H groups in total. The summed E-state index contributed by atoms with van der Waals surface area (Å²) in [5.74, 6) is 1.31. The van der Waals surface area contributed by atoms with Crippen LogP contribution in [0, 0.1) is 10.8 Å². The van der Waals surface area contributed by atoms with Crippen molar-refractivity contribution in [1.29, 1.82) is 5.41 Å². The first kappa shape index (κ1) is 13.8. The molecular formula is C14H23N5. The number of aromatic nitrogens is 2. The van der Waals surface area contributed by atoms with E-state index in [4.69, 9.17) is 11.1 Å². The van der Waals surface area contributed by atoms with Crippen molar-refractivity contribution in [2.24, 2.45) is 11.1 Å². The predicted molar refractivity (Wildman–Crippen MR) is 77.5 cm³/mol. The van der Waals surface area contributed by atoms with Gasteiger partial charge in [0.15, 0.2) is 0 Å². The molecule has 0 saturated carbocycles. The molecule has 0 atom stereocenters. The summed E-state index contributed by atoms with van der Waals surface area (Å²) in [4.78, 5) is 10.9. The van der Waals surface area contributed by atoms with Gasteiger partial charge in [-0.05, 0) is 19.3 Å². The van der Waals surface area contributed by atoms with E-state index in [-0.39, 0.29) is 5.41 Å². The second kappa shape index (κ2) is 5.55. The quantitative estimate of drug-likeness (QED) is 0.641. The molecular weight excluding hydrogens is 238 g/mol. The molecule has 0 spiro atoms. The van der Waals surface area contributed by atoms with Gasteiger partial charge in [0.2, 0.25) is 0 Å². The summed E-state index contributed by atoms with van der Waals surface area (Å²) in [7, 11) is 0. The number of aryl methyl sites for hydroxylation is 1. The van der Waals surface area contributed by atoms with E-state index < -0.39 is 0 Å². The molecule has 0 bridgehead atoms. The Morgan fingerprint density at radius 2 is 2.11 bits per heavy atom. The average molecular weight is 261 g/mol. The highest BCUT2D eigenvalue weighted by molar-refractivity contribution is 5.83. The van der Waals surface area contributed by atoms with Crippen LogP contribution in [0.2, 0.25) is 0 Å². The molecule has 1 aliphatic rings. The van der Waals surface area contributed by atoms with Crippen molar-refractivity contribution >= 4 is 11.7 Å². The smallest absolute Gasteiger partial charge is 0.132 e. The lowest BCUT2D eigenvalue weighted by atomic mass is 9.79. The maximum Gasteiger partial charge on any atom is 0.132 e. The Morgan fingerprint density at radius 3 is 2.68 bits per heavy atom. The minimum atomic E-state index is -0.143. The van der Waals surface area contributed by atoms with Gasteiger partial charge in [-0.25, -0.2) is 9.97 Å². The van der Waals surface area contributed by atoms with Crippen LogP contribution in [0.1, 0.15) is 38.8 Å². The van der Waals surface area contributed by atoms with E-state index in [0.29, 0.717) is 5.84 Å². The number of hydrogen-bond donors (Lipinski definition) is 2. The first-order valence-corrected chi connectivity index (χ1v) is 6.95. The predicted octanol–water partition coefficient (Wildman–Crippen LogP) is 1.97. The molecule has 0 aliphatic carbocycles. The van der Waals surface area contributed by atoms with Crippen molar-refractivity contribution < 1.29 is 0 Å². The summed E-state index contributed by atoms with van der Waals surface area (Å²) in [6.07, 6.45) is 5.57. The molecule has 5 nitrogen and oxygen atoms in total. The second-order valence-electron chi connectivity index (χ2n) is 5.58. The van der Waals surface area contributed by atoms with Crippen LogP contribution in [-0.4, -0.2) is 28.9 Å². The standard InChI is InChI=1S/C14H23N5/c1-3-4-11-9-12(18-10-17-11)19-7-5-14(2,6-8-19)13(15)16/h9-10H,3-8H2,1-2H3,(H3,15,16). The fourth-order valence-corrected chi connectivity index (χ4v) is 2.45. The number of rotatable bonds is 4. The molecule has 1 saturated heterocycles. The van der Waals surface area contributed by atoms with Crippen LogP contribution in [0.25, 0.3) is 0 Å². The highest BCUT2D eigenvalue weighted by Gasteiger charge is 2.33. The molecule has 0 unspecified atom stereocenters. The van der Waals surface area contributed by atoms with Gasteiger partial charge in [0.05, 0.1) is 5.84 Å². The van der Waals surface area contributed by atoms with E-state index in [1.807, 2.05) is 0 Å².